The number of amides is 1. The van der Waals surface area contributed by atoms with Crippen LogP contribution in [0.1, 0.15) is 40.1 Å². The Bertz CT molecular complexity index is 2000. The predicted octanol–water partition coefficient (Wildman–Crippen LogP) is 4.51. The smallest absolute Gasteiger partial charge is 0.264 e. The molecule has 0 saturated carbocycles. The summed E-state index contributed by atoms with van der Waals surface area (Å²) in [5.41, 5.74) is 9.15. The van der Waals surface area contributed by atoms with Gasteiger partial charge in [0.15, 0.2) is 11.5 Å². The molecular formula is C32H24N6O2. The topological polar surface area (TPSA) is 107 Å². The van der Waals surface area contributed by atoms with Gasteiger partial charge in [-0.15, -0.1) is 5.10 Å². The van der Waals surface area contributed by atoms with E-state index in [1.807, 2.05) is 91.9 Å². The number of anilines is 1. The van der Waals surface area contributed by atoms with Crippen molar-refractivity contribution < 1.29 is 4.79 Å². The van der Waals surface area contributed by atoms with Gasteiger partial charge in [-0.3, -0.25) is 14.2 Å². The Kier molecular flexibility index (Phi) is 6.30. The van der Waals surface area contributed by atoms with Crippen molar-refractivity contribution in [1.29, 1.82) is 0 Å². The minimum absolute atomic E-state index is 0.0731. The summed E-state index contributed by atoms with van der Waals surface area (Å²) in [7, 11) is 0. The van der Waals surface area contributed by atoms with E-state index in [0.29, 0.717) is 28.0 Å². The van der Waals surface area contributed by atoms with Gasteiger partial charge in [0.05, 0.1) is 11.4 Å². The Morgan fingerprint density at radius 3 is 2.48 bits per heavy atom. The van der Waals surface area contributed by atoms with Crippen LogP contribution >= 0.6 is 0 Å². The van der Waals surface area contributed by atoms with E-state index in [1.165, 1.54) is 4.52 Å². The standard InChI is InChI=1S/C32H24N6O2/c1-21(35-31(39)28-29(33)36-37-19-9-18-34-30(28)37)26-20-24-13-8-12-23(17-16-22-10-4-2-5-11-22)27(24)32(40)38(26)25-14-6-3-7-15-25/h2-15,18-21H,1H3,(H2,33,36)(H,35,39)/t21-/m1/s1. The number of benzene rings is 3. The molecule has 194 valence electrons. The number of carbonyl (C=O) groups excluding carboxylic acids is 1. The number of nitrogen functional groups attached to an aromatic ring is 1. The zero-order valence-electron chi connectivity index (χ0n) is 21.6. The van der Waals surface area contributed by atoms with Crippen LogP contribution in [-0.2, 0) is 0 Å². The molecule has 3 aromatic heterocycles. The second-order valence-corrected chi connectivity index (χ2v) is 9.27. The summed E-state index contributed by atoms with van der Waals surface area (Å²) >= 11 is 0. The van der Waals surface area contributed by atoms with Gasteiger partial charge in [0.2, 0.25) is 0 Å². The maximum atomic E-state index is 14.2. The molecular weight excluding hydrogens is 500 g/mol. The van der Waals surface area contributed by atoms with Crippen molar-refractivity contribution in [2.45, 2.75) is 13.0 Å². The average molecular weight is 525 g/mol. The number of fused-ring (bicyclic) bond motifs is 2. The Labute approximate surface area is 229 Å². The minimum Gasteiger partial charge on any atom is -0.381 e. The molecule has 0 saturated heterocycles. The number of aromatic nitrogens is 4. The first-order chi connectivity index (χ1) is 19.5. The number of nitrogens with two attached hydrogens (primary N) is 1. The van der Waals surface area contributed by atoms with Crippen molar-refractivity contribution in [3.05, 3.63) is 136 Å². The number of para-hydroxylation sites is 1. The Morgan fingerprint density at radius 1 is 0.950 bits per heavy atom. The molecule has 8 heteroatoms. The number of rotatable bonds is 4. The molecule has 0 aliphatic heterocycles. The van der Waals surface area contributed by atoms with Crippen LogP contribution < -0.4 is 16.6 Å². The normalized spacial score (nSPS) is 11.6. The fourth-order valence-corrected chi connectivity index (χ4v) is 4.77. The fourth-order valence-electron chi connectivity index (χ4n) is 4.77. The molecule has 40 heavy (non-hydrogen) atoms. The molecule has 1 atom stereocenters. The molecule has 8 nitrogen and oxygen atoms in total. The quantitative estimate of drug-likeness (QED) is 0.330. The van der Waals surface area contributed by atoms with Gasteiger partial charge in [0, 0.05) is 34.9 Å². The fraction of sp³-hybridized carbons (Fsp3) is 0.0625. The second kappa shape index (κ2) is 10.2. The van der Waals surface area contributed by atoms with Crippen LogP contribution in [0.5, 0.6) is 0 Å². The van der Waals surface area contributed by atoms with E-state index in [-0.39, 0.29) is 16.9 Å². The Morgan fingerprint density at radius 2 is 1.70 bits per heavy atom. The van der Waals surface area contributed by atoms with Gasteiger partial charge >= 0.3 is 0 Å². The lowest BCUT2D eigenvalue weighted by molar-refractivity contribution is 0.0941. The highest BCUT2D eigenvalue weighted by Gasteiger charge is 2.23. The van der Waals surface area contributed by atoms with Crippen molar-refractivity contribution in [3.8, 4) is 17.5 Å². The molecule has 6 rings (SSSR count). The van der Waals surface area contributed by atoms with E-state index in [2.05, 4.69) is 27.2 Å². The van der Waals surface area contributed by atoms with E-state index in [1.54, 1.807) is 23.0 Å². The summed E-state index contributed by atoms with van der Waals surface area (Å²) in [6, 6.07) is 27.6. The molecule has 0 bridgehead atoms. The molecule has 0 spiro atoms. The molecule has 0 unspecified atom stereocenters. The van der Waals surface area contributed by atoms with Crippen LogP contribution in [0.2, 0.25) is 0 Å². The van der Waals surface area contributed by atoms with Crippen molar-refractivity contribution in [3.63, 3.8) is 0 Å². The lowest BCUT2D eigenvalue weighted by Gasteiger charge is -2.21. The maximum absolute atomic E-state index is 14.2. The lowest BCUT2D eigenvalue weighted by Crippen LogP contribution is -2.32. The van der Waals surface area contributed by atoms with Crippen LogP contribution in [-0.4, -0.2) is 25.1 Å². The molecule has 3 aromatic carbocycles. The predicted molar refractivity (Wildman–Crippen MR) is 155 cm³/mol. The number of nitrogens with one attached hydrogen (secondary N) is 1. The van der Waals surface area contributed by atoms with E-state index in [9.17, 15) is 9.59 Å². The highest BCUT2D eigenvalue weighted by Crippen LogP contribution is 2.24. The first kappa shape index (κ1) is 24.6. The minimum atomic E-state index is -0.568. The van der Waals surface area contributed by atoms with Gasteiger partial charge in [-0.2, -0.15) is 0 Å². The molecule has 1 amide bonds. The SMILES string of the molecule is C[C@@H](NC(=O)c1c(N)nn2cccnc12)c1cc2cccc(C#Cc3ccccc3)c2c(=O)n1-c1ccccc1. The molecule has 0 aliphatic rings. The zero-order chi connectivity index (χ0) is 27.6. The first-order valence-electron chi connectivity index (χ1n) is 12.7. The summed E-state index contributed by atoms with van der Waals surface area (Å²) in [6.07, 6.45) is 3.25. The highest BCUT2D eigenvalue weighted by molar-refractivity contribution is 6.04. The van der Waals surface area contributed by atoms with E-state index in [4.69, 9.17) is 5.73 Å². The Balaban J connectivity index is 1.48. The summed E-state index contributed by atoms with van der Waals surface area (Å²) in [4.78, 5) is 31.8. The maximum Gasteiger partial charge on any atom is 0.264 e. The average Bonchev–Trinajstić information content (AvgIpc) is 3.32. The molecule has 3 heterocycles. The molecule has 6 aromatic rings. The molecule has 3 N–H and O–H groups in total. The third kappa shape index (κ3) is 4.46. The van der Waals surface area contributed by atoms with Gasteiger partial charge in [-0.1, -0.05) is 60.4 Å². The van der Waals surface area contributed by atoms with Gasteiger partial charge in [-0.05, 0) is 54.8 Å². The van der Waals surface area contributed by atoms with E-state index >= 15 is 0 Å². The Hall–Kier alpha value is -5.68. The van der Waals surface area contributed by atoms with Crippen LogP contribution in [0.25, 0.3) is 22.1 Å². The van der Waals surface area contributed by atoms with Crippen LogP contribution in [0.15, 0.2) is 108 Å². The largest absolute Gasteiger partial charge is 0.381 e. The van der Waals surface area contributed by atoms with Crippen LogP contribution in [0.4, 0.5) is 5.82 Å². The summed E-state index contributed by atoms with van der Waals surface area (Å²) in [5, 5.41) is 8.42. The van der Waals surface area contributed by atoms with E-state index < -0.39 is 11.9 Å². The van der Waals surface area contributed by atoms with Crippen molar-refractivity contribution in [1.82, 2.24) is 24.5 Å². The van der Waals surface area contributed by atoms with Crippen LogP contribution in [0, 0.1) is 11.8 Å². The third-order valence-corrected chi connectivity index (χ3v) is 6.65. The monoisotopic (exact) mass is 524 g/mol. The van der Waals surface area contributed by atoms with Gasteiger partial charge in [0.25, 0.3) is 11.5 Å². The van der Waals surface area contributed by atoms with Crippen molar-refractivity contribution in [2.24, 2.45) is 0 Å². The summed E-state index contributed by atoms with van der Waals surface area (Å²) in [5.74, 6) is 5.98. The molecule has 0 fully saturated rings. The molecule has 0 radical (unpaired) electrons. The van der Waals surface area contributed by atoms with Crippen molar-refractivity contribution >= 4 is 28.1 Å². The van der Waals surface area contributed by atoms with Crippen molar-refractivity contribution in [2.75, 3.05) is 5.73 Å². The van der Waals surface area contributed by atoms with Gasteiger partial charge in [0.1, 0.15) is 5.56 Å². The number of hydrogen-bond acceptors (Lipinski definition) is 5. The lowest BCUT2D eigenvalue weighted by atomic mass is 10.0. The number of hydrogen-bond donors (Lipinski definition) is 2. The highest BCUT2D eigenvalue weighted by atomic mass is 16.2. The summed E-state index contributed by atoms with van der Waals surface area (Å²) < 4.78 is 3.08. The van der Waals surface area contributed by atoms with Gasteiger partial charge in [-0.25, -0.2) is 9.50 Å². The first-order valence-corrected chi connectivity index (χ1v) is 12.7. The number of carbonyl (C=O) groups is 1. The zero-order valence-corrected chi connectivity index (χ0v) is 21.6. The van der Waals surface area contributed by atoms with Crippen LogP contribution in [0.3, 0.4) is 0 Å². The number of pyridine rings is 1. The molecule has 0 aliphatic carbocycles. The summed E-state index contributed by atoms with van der Waals surface area (Å²) in [6.45, 7) is 1.83. The number of nitrogens with zero attached hydrogens (tertiary/aromatic N) is 4. The van der Waals surface area contributed by atoms with Gasteiger partial charge < -0.3 is 11.1 Å². The third-order valence-electron chi connectivity index (χ3n) is 6.65. The van der Waals surface area contributed by atoms with E-state index in [0.717, 1.165) is 10.9 Å². The second-order valence-electron chi connectivity index (χ2n) is 9.27.